The molecule has 9 heteroatoms. The highest BCUT2D eigenvalue weighted by atomic mass is 19.4. The lowest BCUT2D eigenvalue weighted by atomic mass is 10.0. The Balaban J connectivity index is 1.69. The van der Waals surface area contributed by atoms with Crippen molar-refractivity contribution in [1.29, 1.82) is 0 Å². The molecule has 0 spiro atoms. The van der Waals surface area contributed by atoms with Crippen molar-refractivity contribution in [2.45, 2.75) is 31.6 Å². The van der Waals surface area contributed by atoms with Gasteiger partial charge in [-0.05, 0) is 25.0 Å². The summed E-state index contributed by atoms with van der Waals surface area (Å²) in [7, 11) is 0. The zero-order valence-corrected chi connectivity index (χ0v) is 14.3. The first-order valence-electron chi connectivity index (χ1n) is 8.76. The summed E-state index contributed by atoms with van der Waals surface area (Å²) in [6.07, 6.45) is -0.441. The molecule has 5 aliphatic rings. The lowest BCUT2D eigenvalue weighted by Crippen LogP contribution is -2.38. The van der Waals surface area contributed by atoms with Gasteiger partial charge in [-0.2, -0.15) is 23.4 Å². The van der Waals surface area contributed by atoms with Crippen molar-refractivity contribution in [3.05, 3.63) is 34.6 Å². The summed E-state index contributed by atoms with van der Waals surface area (Å²) in [4.78, 5) is 4.20. The average Bonchev–Trinajstić information content (AvgIpc) is 3.02. The largest absolute Gasteiger partial charge is 0.420 e. The maximum atomic E-state index is 13.4. The van der Waals surface area contributed by atoms with Crippen LogP contribution in [0, 0.1) is 0 Å². The van der Waals surface area contributed by atoms with E-state index in [1.54, 1.807) is 6.07 Å². The van der Waals surface area contributed by atoms with Crippen LogP contribution < -0.4 is 16.1 Å². The summed E-state index contributed by atoms with van der Waals surface area (Å²) in [5.74, 6) is 0. The zero-order chi connectivity index (χ0) is 18.6. The Labute approximate surface area is 152 Å². The molecule has 6 nitrogen and oxygen atoms in total. The maximum absolute atomic E-state index is 13.4. The molecule has 1 saturated heterocycles. The van der Waals surface area contributed by atoms with Gasteiger partial charge in [0.05, 0.1) is 29.8 Å². The number of rotatable bonds is 1. The molecule has 0 radical (unpaired) electrons. The molecule has 0 aromatic carbocycles. The molecule has 27 heavy (non-hydrogen) atoms. The second-order valence-electron chi connectivity index (χ2n) is 6.84. The van der Waals surface area contributed by atoms with E-state index in [-0.39, 0.29) is 17.1 Å². The molecule has 1 fully saturated rings. The van der Waals surface area contributed by atoms with Crippen molar-refractivity contribution in [3.8, 4) is 11.1 Å². The molecule has 0 aromatic heterocycles. The van der Waals surface area contributed by atoms with E-state index in [1.165, 1.54) is 6.20 Å². The third-order valence-electron chi connectivity index (χ3n) is 5.22. The summed E-state index contributed by atoms with van der Waals surface area (Å²) < 4.78 is 45.7. The lowest BCUT2D eigenvalue weighted by Gasteiger charge is -2.33. The predicted octanol–water partition coefficient (Wildman–Crippen LogP) is 1.84. The second kappa shape index (κ2) is 5.91. The molecule has 0 unspecified atom stereocenters. The van der Waals surface area contributed by atoms with E-state index in [2.05, 4.69) is 15.5 Å². The predicted molar refractivity (Wildman–Crippen MR) is 92.6 cm³/mol. The fraction of sp³-hybridized carbons (Fsp3) is 0.389. The van der Waals surface area contributed by atoms with Crippen LogP contribution in [0.1, 0.15) is 18.4 Å². The van der Waals surface area contributed by atoms with Crippen molar-refractivity contribution < 1.29 is 17.9 Å². The van der Waals surface area contributed by atoms with Crippen LogP contribution in [0.15, 0.2) is 28.5 Å². The number of halogens is 3. The fourth-order valence-electron chi connectivity index (χ4n) is 3.90. The van der Waals surface area contributed by atoms with Crippen LogP contribution in [-0.2, 0) is 11.3 Å². The van der Waals surface area contributed by atoms with Crippen LogP contribution in [0.25, 0.3) is 16.7 Å². The number of nitrogens with one attached hydrogen (secondary N) is 1. The fourth-order valence-corrected chi connectivity index (χ4v) is 3.90. The number of hydrazone groups is 1. The lowest BCUT2D eigenvalue weighted by molar-refractivity contribution is -0.0674. The highest BCUT2D eigenvalue weighted by Gasteiger charge is 2.36. The molecule has 0 bridgehead atoms. The van der Waals surface area contributed by atoms with Crippen molar-refractivity contribution in [2.75, 3.05) is 18.6 Å². The monoisotopic (exact) mass is 375 g/mol. The van der Waals surface area contributed by atoms with Gasteiger partial charge in [0.2, 0.25) is 0 Å². The van der Waals surface area contributed by atoms with E-state index < -0.39 is 11.7 Å². The normalized spacial score (nSPS) is 19.7. The summed E-state index contributed by atoms with van der Waals surface area (Å²) in [6, 6.07) is 3.89. The number of aromatic nitrogens is 1. The van der Waals surface area contributed by atoms with Gasteiger partial charge in [-0.25, -0.2) is 0 Å². The number of nitrogens with zero attached hydrogens (tertiary/aromatic N) is 4. The Morgan fingerprint density at radius 1 is 1.19 bits per heavy atom. The minimum absolute atomic E-state index is 0.134. The topological polar surface area (TPSA) is 62.1 Å². The van der Waals surface area contributed by atoms with Crippen LogP contribution in [0.2, 0.25) is 0 Å². The SMILES string of the molecule is FC(F)(F)C1=c2ncc3c4c(ccc-4c2NN=C1)=NN(C1CCOCC1)C3. The van der Waals surface area contributed by atoms with Crippen LogP contribution in [0.4, 0.5) is 18.9 Å². The summed E-state index contributed by atoms with van der Waals surface area (Å²) >= 11 is 0. The van der Waals surface area contributed by atoms with Gasteiger partial charge < -0.3 is 4.74 Å². The van der Waals surface area contributed by atoms with Gasteiger partial charge >= 0.3 is 6.18 Å². The second-order valence-corrected chi connectivity index (χ2v) is 6.84. The van der Waals surface area contributed by atoms with Crippen LogP contribution >= 0.6 is 0 Å². The minimum atomic E-state index is -4.53. The van der Waals surface area contributed by atoms with Crippen LogP contribution in [0.5, 0.6) is 0 Å². The van der Waals surface area contributed by atoms with Gasteiger partial charge in [0.25, 0.3) is 0 Å². The average molecular weight is 375 g/mol. The highest BCUT2D eigenvalue weighted by Crippen LogP contribution is 2.34. The van der Waals surface area contributed by atoms with Gasteiger partial charge in [-0.15, -0.1) is 0 Å². The smallest absolute Gasteiger partial charge is 0.381 e. The molecule has 1 aliphatic carbocycles. The van der Waals surface area contributed by atoms with Gasteiger partial charge in [-0.1, -0.05) is 0 Å². The molecular formula is C18H16F3N5O. The Bertz CT molecular complexity index is 1030. The number of fused-ring (bicyclic) bond motifs is 2. The summed E-state index contributed by atoms with van der Waals surface area (Å²) in [6.45, 7) is 1.90. The van der Waals surface area contributed by atoms with Crippen molar-refractivity contribution >= 4 is 17.5 Å². The molecule has 1 N–H and O–H groups in total. The first kappa shape index (κ1) is 16.5. The molecular weight excluding hydrogens is 359 g/mol. The molecule has 0 atom stereocenters. The van der Waals surface area contributed by atoms with E-state index in [1.807, 2.05) is 11.1 Å². The van der Waals surface area contributed by atoms with E-state index >= 15 is 0 Å². The van der Waals surface area contributed by atoms with Crippen molar-refractivity contribution in [2.24, 2.45) is 10.2 Å². The molecule has 4 heterocycles. The third-order valence-corrected chi connectivity index (χ3v) is 5.22. The number of alkyl halides is 3. The number of hydrogen-bond acceptors (Lipinski definition) is 6. The quantitative estimate of drug-likeness (QED) is 0.826. The molecule has 0 amide bonds. The van der Waals surface area contributed by atoms with Gasteiger partial charge in [-0.3, -0.25) is 15.4 Å². The standard InChI is InChI=1S/C18H16F3N5O/c19-18(20,21)13-8-23-24-16-12-1-2-14-15(12)10(7-22-17(13)16)9-26(25-14)11-3-5-27-6-4-11/h1-2,7-8,11,24H,3-6,9H2. The van der Waals surface area contributed by atoms with Gasteiger partial charge in [0, 0.05) is 36.1 Å². The van der Waals surface area contributed by atoms with E-state index in [4.69, 9.17) is 9.84 Å². The van der Waals surface area contributed by atoms with Gasteiger partial charge in [0.1, 0.15) is 10.9 Å². The minimum Gasteiger partial charge on any atom is -0.381 e. The molecule has 0 aromatic rings. The summed E-state index contributed by atoms with van der Waals surface area (Å²) in [5.41, 5.74) is 4.48. The van der Waals surface area contributed by atoms with E-state index in [0.717, 1.165) is 35.5 Å². The molecule has 0 saturated carbocycles. The first-order chi connectivity index (χ1) is 13.0. The highest BCUT2D eigenvalue weighted by molar-refractivity contribution is 6.07. The molecule has 140 valence electrons. The van der Waals surface area contributed by atoms with Crippen LogP contribution in [0.3, 0.4) is 0 Å². The first-order valence-corrected chi connectivity index (χ1v) is 8.76. The number of ether oxygens (including phenoxy) is 1. The van der Waals surface area contributed by atoms with E-state index in [9.17, 15) is 13.2 Å². The zero-order valence-electron chi connectivity index (χ0n) is 14.3. The van der Waals surface area contributed by atoms with E-state index in [0.29, 0.717) is 25.3 Å². The van der Waals surface area contributed by atoms with Crippen LogP contribution in [-0.4, -0.2) is 41.6 Å². The Morgan fingerprint density at radius 3 is 2.78 bits per heavy atom. The Morgan fingerprint density at radius 2 is 2.00 bits per heavy atom. The Hall–Kier alpha value is -2.68. The third kappa shape index (κ3) is 2.64. The van der Waals surface area contributed by atoms with Crippen molar-refractivity contribution in [1.82, 2.24) is 9.99 Å². The molecule has 5 rings (SSSR count). The molecule has 4 aliphatic heterocycles. The summed E-state index contributed by atoms with van der Waals surface area (Å²) in [5, 5.41) is 11.1. The number of anilines is 1. The Kier molecular flexibility index (Phi) is 3.61. The maximum Gasteiger partial charge on any atom is 0.420 e. The van der Waals surface area contributed by atoms with Gasteiger partial charge in [0.15, 0.2) is 0 Å². The van der Waals surface area contributed by atoms with Crippen molar-refractivity contribution in [3.63, 3.8) is 0 Å². The number of hydrogen-bond donors (Lipinski definition) is 1.